The van der Waals surface area contributed by atoms with Gasteiger partial charge in [-0.15, -0.1) is 0 Å². The molecule has 44 valence electrons. The molecule has 0 radical (unpaired) electrons. The van der Waals surface area contributed by atoms with E-state index in [1.54, 1.807) is 13.1 Å². The van der Waals surface area contributed by atoms with Gasteiger partial charge in [0.2, 0.25) is 0 Å². The van der Waals surface area contributed by atoms with Crippen LogP contribution in [-0.2, 0) is 0 Å². The number of aliphatic hydroxyl groups is 1. The summed E-state index contributed by atoms with van der Waals surface area (Å²) in [7, 11) is 0. The summed E-state index contributed by atoms with van der Waals surface area (Å²) in [6, 6.07) is 1.81. The van der Waals surface area contributed by atoms with Gasteiger partial charge in [0.05, 0.1) is 11.0 Å². The van der Waals surface area contributed by atoms with Gasteiger partial charge in [0.15, 0.2) is 0 Å². The molecule has 1 aromatic rings. The molecule has 2 nitrogen and oxygen atoms in total. The smallest absolute Gasteiger partial charge is 0.0869 e. The molecule has 0 fully saturated rings. The van der Waals surface area contributed by atoms with Crippen molar-refractivity contribution in [3.8, 4) is 0 Å². The molecule has 1 heterocycles. The molecule has 1 atom stereocenters. The van der Waals surface area contributed by atoms with Crippen LogP contribution in [0.25, 0.3) is 0 Å². The maximum atomic E-state index is 8.88. The molecule has 0 amide bonds. The van der Waals surface area contributed by atoms with Crippen molar-refractivity contribution in [3.63, 3.8) is 0 Å². The zero-order valence-electron chi connectivity index (χ0n) is 4.53. The van der Waals surface area contributed by atoms with E-state index in [9.17, 15) is 0 Å². The summed E-state index contributed by atoms with van der Waals surface area (Å²) in [6.45, 7) is 1.73. The van der Waals surface area contributed by atoms with Crippen LogP contribution in [0.1, 0.15) is 17.9 Å². The van der Waals surface area contributed by atoms with Crippen LogP contribution in [0, 0.1) is 0 Å². The molecule has 0 aliphatic rings. The normalized spacial score (nSPS) is 13.8. The quantitative estimate of drug-likeness (QED) is 0.618. The minimum absolute atomic E-state index is 0.359. The first-order chi connectivity index (χ1) is 3.80. The van der Waals surface area contributed by atoms with Crippen LogP contribution in [-0.4, -0.2) is 9.48 Å². The molecule has 0 saturated heterocycles. The predicted octanol–water partition coefficient (Wildman–Crippen LogP) is 1.20. The number of rotatable bonds is 1. The van der Waals surface area contributed by atoms with E-state index in [1.165, 1.54) is 11.5 Å². The number of aromatic nitrogens is 1. The fraction of sp³-hybridized carbons (Fsp3) is 0.400. The van der Waals surface area contributed by atoms with E-state index in [0.717, 1.165) is 4.88 Å². The van der Waals surface area contributed by atoms with Gasteiger partial charge >= 0.3 is 0 Å². The Labute approximate surface area is 52.0 Å². The van der Waals surface area contributed by atoms with Crippen LogP contribution >= 0.6 is 11.5 Å². The van der Waals surface area contributed by atoms with Crippen LogP contribution in [0.4, 0.5) is 0 Å². The standard InChI is InChI=1S/C5H7NOS/c1-4(7)5-2-3-6-8-5/h2-4,7H,1H3/t4-/m1/s1. The zero-order chi connectivity index (χ0) is 5.98. The maximum absolute atomic E-state index is 8.88. The molecule has 1 aromatic heterocycles. The third-order valence-corrected chi connectivity index (χ3v) is 1.78. The lowest BCUT2D eigenvalue weighted by Gasteiger charge is -1.93. The van der Waals surface area contributed by atoms with Crippen LogP contribution in [0.5, 0.6) is 0 Å². The van der Waals surface area contributed by atoms with Crippen molar-refractivity contribution in [2.75, 3.05) is 0 Å². The van der Waals surface area contributed by atoms with E-state index >= 15 is 0 Å². The molecule has 0 unspecified atom stereocenters. The SMILES string of the molecule is C[C@@H](O)c1ccns1. The monoisotopic (exact) mass is 129 g/mol. The van der Waals surface area contributed by atoms with Gasteiger partial charge in [-0.25, -0.2) is 4.37 Å². The molecule has 3 heteroatoms. The molecule has 1 N–H and O–H groups in total. The first-order valence-corrected chi connectivity index (χ1v) is 3.16. The van der Waals surface area contributed by atoms with Crippen molar-refractivity contribution < 1.29 is 5.11 Å². The molecule has 0 bridgehead atoms. The average molecular weight is 129 g/mol. The summed E-state index contributed by atoms with van der Waals surface area (Å²) in [6.07, 6.45) is 1.33. The molecule has 0 aliphatic heterocycles. The second kappa shape index (κ2) is 2.24. The fourth-order valence-electron chi connectivity index (χ4n) is 0.441. The number of hydrogen-bond donors (Lipinski definition) is 1. The van der Waals surface area contributed by atoms with Gasteiger partial charge in [0.1, 0.15) is 0 Å². The first-order valence-electron chi connectivity index (χ1n) is 2.39. The summed E-state index contributed by atoms with van der Waals surface area (Å²) < 4.78 is 3.83. The van der Waals surface area contributed by atoms with Gasteiger partial charge in [-0.2, -0.15) is 0 Å². The van der Waals surface area contributed by atoms with Crippen LogP contribution < -0.4 is 0 Å². The van der Waals surface area contributed by atoms with Gasteiger partial charge in [0, 0.05) is 6.20 Å². The van der Waals surface area contributed by atoms with E-state index in [4.69, 9.17) is 5.11 Å². The van der Waals surface area contributed by atoms with E-state index in [2.05, 4.69) is 4.37 Å². The second-order valence-corrected chi connectivity index (χ2v) is 2.46. The molecule has 8 heavy (non-hydrogen) atoms. The Morgan fingerprint density at radius 1 is 1.88 bits per heavy atom. The van der Waals surface area contributed by atoms with Gasteiger partial charge in [0.25, 0.3) is 0 Å². The number of hydrogen-bond acceptors (Lipinski definition) is 3. The van der Waals surface area contributed by atoms with E-state index in [1.807, 2.05) is 6.07 Å². The molecule has 0 aliphatic carbocycles. The molecular weight excluding hydrogens is 122 g/mol. The summed E-state index contributed by atoms with van der Waals surface area (Å²) in [4.78, 5) is 0.921. The van der Waals surface area contributed by atoms with Crippen LogP contribution in [0.3, 0.4) is 0 Å². The minimum atomic E-state index is -0.359. The molecule has 0 aromatic carbocycles. The van der Waals surface area contributed by atoms with Crippen molar-refractivity contribution in [2.45, 2.75) is 13.0 Å². The molecular formula is C5H7NOS. The summed E-state index contributed by atoms with van der Waals surface area (Å²) in [5, 5.41) is 8.88. The second-order valence-electron chi connectivity index (χ2n) is 1.59. The Morgan fingerprint density at radius 2 is 2.62 bits per heavy atom. The van der Waals surface area contributed by atoms with E-state index < -0.39 is 0 Å². The van der Waals surface area contributed by atoms with Gasteiger partial charge in [-0.3, -0.25) is 0 Å². The highest BCUT2D eigenvalue weighted by atomic mass is 32.1. The predicted molar refractivity (Wildman–Crippen MR) is 32.7 cm³/mol. The molecule has 0 saturated carbocycles. The van der Waals surface area contributed by atoms with Gasteiger partial charge < -0.3 is 5.11 Å². The minimum Gasteiger partial charge on any atom is -0.388 e. The number of nitrogens with zero attached hydrogens (tertiary/aromatic N) is 1. The average Bonchev–Trinajstić information content (AvgIpc) is 2.12. The third kappa shape index (κ3) is 1.05. The first kappa shape index (κ1) is 5.72. The summed E-state index contributed by atoms with van der Waals surface area (Å²) >= 11 is 1.33. The Kier molecular flexibility index (Phi) is 1.60. The highest BCUT2D eigenvalue weighted by Gasteiger charge is 1.99. The van der Waals surface area contributed by atoms with Crippen molar-refractivity contribution in [2.24, 2.45) is 0 Å². The van der Waals surface area contributed by atoms with E-state index in [0.29, 0.717) is 0 Å². The Balaban J connectivity index is 2.77. The van der Waals surface area contributed by atoms with Crippen LogP contribution in [0.2, 0.25) is 0 Å². The highest BCUT2D eigenvalue weighted by Crippen LogP contribution is 2.14. The Morgan fingerprint density at radius 3 is 2.88 bits per heavy atom. The lowest BCUT2D eigenvalue weighted by molar-refractivity contribution is 0.203. The van der Waals surface area contributed by atoms with Crippen molar-refractivity contribution in [1.29, 1.82) is 0 Å². The zero-order valence-corrected chi connectivity index (χ0v) is 5.35. The maximum Gasteiger partial charge on any atom is 0.0869 e. The largest absolute Gasteiger partial charge is 0.388 e. The Bertz CT molecular complexity index is 147. The van der Waals surface area contributed by atoms with Gasteiger partial charge in [-0.1, -0.05) is 0 Å². The lowest BCUT2D eigenvalue weighted by atomic mass is 10.3. The van der Waals surface area contributed by atoms with Crippen molar-refractivity contribution >= 4 is 11.5 Å². The Hall–Kier alpha value is -0.410. The van der Waals surface area contributed by atoms with Crippen LogP contribution in [0.15, 0.2) is 12.3 Å². The summed E-state index contributed by atoms with van der Waals surface area (Å²) in [5.41, 5.74) is 0. The summed E-state index contributed by atoms with van der Waals surface area (Å²) in [5.74, 6) is 0. The van der Waals surface area contributed by atoms with Gasteiger partial charge in [-0.05, 0) is 24.5 Å². The lowest BCUT2D eigenvalue weighted by Crippen LogP contribution is -1.82. The topological polar surface area (TPSA) is 33.1 Å². The van der Waals surface area contributed by atoms with Crippen molar-refractivity contribution in [3.05, 3.63) is 17.1 Å². The number of aliphatic hydroxyl groups excluding tert-OH is 1. The third-order valence-electron chi connectivity index (χ3n) is 0.870. The van der Waals surface area contributed by atoms with E-state index in [-0.39, 0.29) is 6.10 Å². The highest BCUT2D eigenvalue weighted by molar-refractivity contribution is 7.05. The molecule has 0 spiro atoms. The molecule has 1 rings (SSSR count). The van der Waals surface area contributed by atoms with Crippen molar-refractivity contribution in [1.82, 2.24) is 4.37 Å². The fourth-order valence-corrected chi connectivity index (χ4v) is 0.959.